The molecule has 4 unspecified atom stereocenters. The van der Waals surface area contributed by atoms with Crippen LogP contribution in [0.1, 0.15) is 29.3 Å². The highest BCUT2D eigenvalue weighted by Gasteiger charge is 2.63. The van der Waals surface area contributed by atoms with Crippen molar-refractivity contribution in [3.05, 3.63) is 39.9 Å². The van der Waals surface area contributed by atoms with Crippen LogP contribution in [0.5, 0.6) is 5.75 Å². The molecule has 0 bridgehead atoms. The van der Waals surface area contributed by atoms with E-state index in [4.69, 9.17) is 5.73 Å². The van der Waals surface area contributed by atoms with Gasteiger partial charge < -0.3 is 36.4 Å². The number of hydrogen-bond donors (Lipinski definition) is 6. The van der Waals surface area contributed by atoms with Crippen LogP contribution in [0, 0.1) is 11.8 Å². The number of ketones is 2. The summed E-state index contributed by atoms with van der Waals surface area (Å²) in [6.07, 6.45) is 0.121. The predicted molar refractivity (Wildman–Crippen MR) is 150 cm³/mol. The summed E-state index contributed by atoms with van der Waals surface area (Å²) in [5.41, 5.74) is 2.33. The number of aliphatic hydroxyl groups excluding tert-OH is 2. The number of primary amides is 1. The Morgan fingerprint density at radius 2 is 1.71 bits per heavy atom. The number of carbonyl (C=O) groups excluding carboxylic acids is 4. The van der Waals surface area contributed by atoms with Crippen molar-refractivity contribution in [2.24, 2.45) is 17.6 Å². The summed E-state index contributed by atoms with van der Waals surface area (Å²) in [5, 5.41) is 48.0. The van der Waals surface area contributed by atoms with Crippen LogP contribution in [0.4, 0.5) is 11.4 Å². The van der Waals surface area contributed by atoms with Gasteiger partial charge >= 0.3 is 0 Å². The second kappa shape index (κ2) is 10.2. The molecule has 0 heterocycles. The van der Waals surface area contributed by atoms with Gasteiger partial charge in [-0.1, -0.05) is 0 Å². The molecule has 3 aliphatic rings. The molecule has 0 saturated carbocycles. The van der Waals surface area contributed by atoms with Crippen molar-refractivity contribution < 1.29 is 39.6 Å². The maximum absolute atomic E-state index is 14.1. The Bertz CT molecular complexity index is 1430. The Morgan fingerprint density at radius 1 is 1.10 bits per heavy atom. The van der Waals surface area contributed by atoms with Gasteiger partial charge in [0, 0.05) is 31.3 Å². The summed E-state index contributed by atoms with van der Waals surface area (Å²) < 4.78 is 0. The van der Waals surface area contributed by atoms with Gasteiger partial charge in [-0.2, -0.15) is 0 Å². The number of Topliss-reactive ketones (excluding diaryl/α,β-unsaturated/α-hetero) is 2. The lowest BCUT2D eigenvalue weighted by atomic mass is 9.58. The normalized spacial score (nSPS) is 26.5. The smallest absolute Gasteiger partial charge is 0.255 e. The van der Waals surface area contributed by atoms with Gasteiger partial charge in [-0.15, -0.1) is 0 Å². The third kappa shape index (κ3) is 4.35. The molecule has 5 atom stereocenters. The lowest BCUT2D eigenvalue weighted by molar-refractivity contribution is -0.148. The number of nitrogens with zero attached hydrogens (tertiary/aromatic N) is 3. The van der Waals surface area contributed by atoms with Gasteiger partial charge in [0.1, 0.15) is 17.1 Å². The number of aliphatic hydroxyl groups is 3. The first-order valence-electron chi connectivity index (χ1n) is 13.1. The molecule has 0 aliphatic heterocycles. The van der Waals surface area contributed by atoms with E-state index in [9.17, 15) is 39.6 Å². The average molecular weight is 572 g/mol. The first-order chi connectivity index (χ1) is 19.0. The largest absolute Gasteiger partial charge is 0.510 e. The minimum absolute atomic E-state index is 0.0156. The number of phenolic OH excluding ortho intramolecular Hbond substituents is 1. The zero-order valence-electron chi connectivity index (χ0n) is 24.1. The summed E-state index contributed by atoms with van der Waals surface area (Å²) in [7, 11) is 10.1. The van der Waals surface area contributed by atoms with Crippen LogP contribution in [0.3, 0.4) is 0 Å². The number of phenols is 1. The monoisotopic (exact) mass is 571 g/mol. The molecule has 0 aromatic heterocycles. The van der Waals surface area contributed by atoms with Crippen LogP contribution >= 0.6 is 0 Å². The molecule has 0 spiro atoms. The van der Waals surface area contributed by atoms with Crippen LogP contribution in [0.2, 0.25) is 0 Å². The maximum Gasteiger partial charge on any atom is 0.255 e. The molecule has 0 saturated heterocycles. The first kappa shape index (κ1) is 30.0. The number of benzene rings is 1. The predicted octanol–water partition coefficient (Wildman–Crippen LogP) is 0.0752. The minimum Gasteiger partial charge on any atom is -0.510 e. The average Bonchev–Trinajstić information content (AvgIpc) is 2.86. The molecule has 41 heavy (non-hydrogen) atoms. The van der Waals surface area contributed by atoms with Crippen molar-refractivity contribution in [3.63, 3.8) is 0 Å². The number of anilines is 2. The molecule has 222 valence electrons. The zero-order valence-corrected chi connectivity index (χ0v) is 24.1. The number of likely N-dealkylation sites (N-methyl/N-ethyl adjacent to an activating group) is 2. The van der Waals surface area contributed by atoms with Gasteiger partial charge in [-0.3, -0.25) is 29.0 Å². The lowest BCUT2D eigenvalue weighted by Crippen LogP contribution is -2.63. The Hall–Kier alpha value is -3.94. The minimum atomic E-state index is -2.72. The Balaban J connectivity index is 1.93. The molecule has 13 nitrogen and oxygen atoms in total. The van der Waals surface area contributed by atoms with E-state index in [0.29, 0.717) is 11.3 Å². The van der Waals surface area contributed by atoms with Crippen molar-refractivity contribution in [2.75, 3.05) is 52.5 Å². The summed E-state index contributed by atoms with van der Waals surface area (Å²) in [5.74, 6) is -7.74. The van der Waals surface area contributed by atoms with Crippen molar-refractivity contribution >= 4 is 34.8 Å². The summed E-state index contributed by atoms with van der Waals surface area (Å²) >= 11 is 0. The van der Waals surface area contributed by atoms with E-state index in [1.54, 1.807) is 65.1 Å². The van der Waals surface area contributed by atoms with E-state index in [1.165, 1.54) is 4.90 Å². The van der Waals surface area contributed by atoms with Gasteiger partial charge in [0.15, 0.2) is 17.1 Å². The fourth-order valence-corrected chi connectivity index (χ4v) is 6.26. The van der Waals surface area contributed by atoms with Crippen molar-refractivity contribution in [1.82, 2.24) is 9.80 Å². The van der Waals surface area contributed by atoms with E-state index in [-0.39, 0.29) is 29.7 Å². The number of aromatic hydroxyl groups is 1. The number of nitrogens with two attached hydrogens (primary N) is 1. The SMILES string of the molecule is CC(C(=O)Nc1cc(N(C)C)c2c(c1O)C(=O)C1=C(O)C3(O)C(=O)C(C(N)=O)=C(O)[C@@H](N(C)C)C3CC1C2)N(C)C. The summed E-state index contributed by atoms with van der Waals surface area (Å²) in [4.78, 5) is 57.3. The molecule has 4 rings (SSSR count). The fraction of sp³-hybridized carbons (Fsp3) is 0.500. The zero-order chi connectivity index (χ0) is 30.9. The topological polar surface area (TPSA) is 197 Å². The number of allylic oxidation sites excluding steroid dienone is 1. The molecule has 0 radical (unpaired) electrons. The van der Waals surface area contributed by atoms with Crippen LogP contribution in [0.15, 0.2) is 28.7 Å². The van der Waals surface area contributed by atoms with Crippen LogP contribution in [-0.2, 0) is 20.8 Å². The highest BCUT2D eigenvalue weighted by atomic mass is 16.3. The van der Waals surface area contributed by atoms with E-state index in [0.717, 1.165) is 0 Å². The quantitative estimate of drug-likeness (QED) is 0.200. The van der Waals surface area contributed by atoms with E-state index < -0.39 is 75.7 Å². The molecule has 3 aliphatic carbocycles. The highest BCUT2D eigenvalue weighted by molar-refractivity contribution is 6.25. The third-order valence-electron chi connectivity index (χ3n) is 8.59. The molecular weight excluding hydrogens is 534 g/mol. The molecule has 13 heteroatoms. The molecule has 1 aromatic carbocycles. The third-order valence-corrected chi connectivity index (χ3v) is 8.59. The van der Waals surface area contributed by atoms with Crippen molar-refractivity contribution in [3.8, 4) is 5.75 Å². The Morgan fingerprint density at radius 3 is 2.22 bits per heavy atom. The van der Waals surface area contributed by atoms with Gasteiger partial charge in [0.2, 0.25) is 11.7 Å². The van der Waals surface area contributed by atoms with Crippen molar-refractivity contribution in [1.29, 1.82) is 0 Å². The van der Waals surface area contributed by atoms with Gasteiger partial charge in [-0.25, -0.2) is 0 Å². The maximum atomic E-state index is 14.1. The Kier molecular flexibility index (Phi) is 7.44. The van der Waals surface area contributed by atoms with Crippen LogP contribution in [0.25, 0.3) is 0 Å². The van der Waals surface area contributed by atoms with E-state index in [2.05, 4.69) is 5.32 Å². The van der Waals surface area contributed by atoms with Crippen LogP contribution < -0.4 is 16.0 Å². The lowest BCUT2D eigenvalue weighted by Gasteiger charge is -2.50. The van der Waals surface area contributed by atoms with Gasteiger partial charge in [0.05, 0.1) is 23.3 Å². The second-order valence-corrected chi connectivity index (χ2v) is 11.6. The number of amides is 2. The Labute approximate surface area is 237 Å². The molecule has 0 fully saturated rings. The summed E-state index contributed by atoms with van der Waals surface area (Å²) in [6.45, 7) is 1.67. The number of rotatable bonds is 6. The number of fused-ring (bicyclic) bond motifs is 3. The number of carbonyl (C=O) groups is 4. The molecule has 2 amide bonds. The van der Waals surface area contributed by atoms with E-state index >= 15 is 0 Å². The first-order valence-corrected chi connectivity index (χ1v) is 13.1. The number of hydrogen-bond acceptors (Lipinski definition) is 11. The van der Waals surface area contributed by atoms with Crippen molar-refractivity contribution in [2.45, 2.75) is 37.5 Å². The molecule has 1 aromatic rings. The molecule has 7 N–H and O–H groups in total. The standard InChI is InChI=1S/C28H37N5O8/c1-11(31(2)3)27(40)30-15-10-16(32(4)5)13-8-12-9-14-20(33(6)7)23(36)19(26(29)39)25(38)28(14,41)24(37)17(12)22(35)18(13)21(15)34/h10-12,14,20,34,36-37,41H,8-9H2,1-7H3,(H2,29,39)(H,30,40)/t11?,12?,14?,20-,28?/m0/s1. The second-order valence-electron chi connectivity index (χ2n) is 11.6. The highest BCUT2D eigenvalue weighted by Crippen LogP contribution is 2.53. The number of nitrogens with one attached hydrogen (secondary N) is 1. The van der Waals surface area contributed by atoms with Gasteiger partial charge in [0.25, 0.3) is 5.91 Å². The summed E-state index contributed by atoms with van der Waals surface area (Å²) in [6, 6.07) is -0.0653. The van der Waals surface area contributed by atoms with Gasteiger partial charge in [-0.05, 0) is 65.5 Å². The molecular formula is C28H37N5O8. The van der Waals surface area contributed by atoms with E-state index in [1.807, 2.05) is 0 Å². The van der Waals surface area contributed by atoms with Crippen LogP contribution in [-0.4, -0.2) is 114 Å². The fourth-order valence-electron chi connectivity index (χ4n) is 6.26.